The summed E-state index contributed by atoms with van der Waals surface area (Å²) >= 11 is 0. The van der Waals surface area contributed by atoms with Gasteiger partial charge >= 0.3 is 0 Å². The van der Waals surface area contributed by atoms with E-state index >= 15 is 0 Å². The Hall–Kier alpha value is -0.110. The molecular formula is C6H10OS. The highest BCUT2D eigenvalue weighted by molar-refractivity contribution is 7.88. The van der Waals surface area contributed by atoms with Crippen molar-refractivity contribution in [1.29, 1.82) is 0 Å². The monoisotopic (exact) mass is 130 g/mol. The predicted molar refractivity (Wildman–Crippen MR) is 36.0 cm³/mol. The second kappa shape index (κ2) is 2.44. The molecule has 0 fully saturated rings. The summed E-state index contributed by atoms with van der Waals surface area (Å²) in [5.41, 5.74) is 0. The molecule has 46 valence electrons. The van der Waals surface area contributed by atoms with Crippen molar-refractivity contribution in [3.05, 3.63) is 11.0 Å². The molecule has 0 aromatic carbocycles. The van der Waals surface area contributed by atoms with Crippen LogP contribution in [0.2, 0.25) is 0 Å². The largest absolute Gasteiger partial charge is 0.255 e. The molecule has 0 spiro atoms. The smallest absolute Gasteiger partial charge is 0.0482 e. The van der Waals surface area contributed by atoms with E-state index in [2.05, 4.69) is 6.08 Å². The third-order valence-corrected chi connectivity index (χ3v) is 2.87. The molecule has 1 aliphatic rings. The zero-order valence-corrected chi connectivity index (χ0v) is 5.83. The van der Waals surface area contributed by atoms with Crippen LogP contribution in [0.1, 0.15) is 19.8 Å². The van der Waals surface area contributed by atoms with Gasteiger partial charge < -0.3 is 0 Å². The van der Waals surface area contributed by atoms with Gasteiger partial charge in [0.2, 0.25) is 0 Å². The maximum atomic E-state index is 10.8. The molecule has 0 saturated heterocycles. The van der Waals surface area contributed by atoms with Crippen LogP contribution in [0.15, 0.2) is 11.0 Å². The van der Waals surface area contributed by atoms with Crippen LogP contribution >= 0.6 is 0 Å². The lowest BCUT2D eigenvalue weighted by molar-refractivity contribution is 0.682. The van der Waals surface area contributed by atoms with Crippen molar-refractivity contribution in [2.45, 2.75) is 19.8 Å². The van der Waals surface area contributed by atoms with Gasteiger partial charge in [0.25, 0.3) is 0 Å². The van der Waals surface area contributed by atoms with Gasteiger partial charge in [-0.05, 0) is 19.8 Å². The summed E-state index contributed by atoms with van der Waals surface area (Å²) in [6, 6.07) is 0. The second-order valence-electron chi connectivity index (χ2n) is 2.01. The quantitative estimate of drug-likeness (QED) is 0.485. The molecule has 0 bridgehead atoms. The van der Waals surface area contributed by atoms with Crippen molar-refractivity contribution in [2.75, 3.05) is 5.75 Å². The van der Waals surface area contributed by atoms with Crippen molar-refractivity contribution in [1.82, 2.24) is 0 Å². The van der Waals surface area contributed by atoms with Crippen LogP contribution in [0.3, 0.4) is 0 Å². The van der Waals surface area contributed by atoms with E-state index in [-0.39, 0.29) is 0 Å². The minimum absolute atomic E-state index is 0.624. The van der Waals surface area contributed by atoms with Crippen LogP contribution in [-0.4, -0.2) is 9.96 Å². The average molecular weight is 130 g/mol. The summed E-state index contributed by atoms with van der Waals surface area (Å²) in [6.45, 7) is 1.94. The minimum atomic E-state index is -0.624. The van der Waals surface area contributed by atoms with E-state index in [9.17, 15) is 4.21 Å². The maximum absolute atomic E-state index is 10.8. The van der Waals surface area contributed by atoms with Gasteiger partial charge in [0.05, 0.1) is 0 Å². The topological polar surface area (TPSA) is 17.1 Å². The molecule has 0 N–H and O–H groups in total. The van der Waals surface area contributed by atoms with Gasteiger partial charge in [-0.2, -0.15) is 0 Å². The predicted octanol–water partition coefficient (Wildman–Crippen LogP) is 1.43. The first kappa shape index (κ1) is 6.02. The molecule has 0 amide bonds. The third kappa shape index (κ3) is 1.19. The molecule has 0 radical (unpaired) electrons. The van der Waals surface area contributed by atoms with Gasteiger partial charge in [0.1, 0.15) is 0 Å². The molecule has 8 heavy (non-hydrogen) atoms. The van der Waals surface area contributed by atoms with Crippen molar-refractivity contribution in [3.63, 3.8) is 0 Å². The zero-order valence-electron chi connectivity index (χ0n) is 5.02. The highest BCUT2D eigenvalue weighted by Crippen LogP contribution is 2.11. The molecule has 1 nitrogen and oxygen atoms in total. The van der Waals surface area contributed by atoms with Crippen molar-refractivity contribution in [3.8, 4) is 0 Å². The Bertz CT molecular complexity index is 137. The van der Waals surface area contributed by atoms with E-state index in [4.69, 9.17) is 0 Å². The number of hydrogen-bond donors (Lipinski definition) is 0. The summed E-state index contributed by atoms with van der Waals surface area (Å²) in [4.78, 5) is 1.07. The van der Waals surface area contributed by atoms with E-state index in [0.29, 0.717) is 0 Å². The molecule has 0 aromatic rings. The van der Waals surface area contributed by atoms with Crippen LogP contribution in [0.25, 0.3) is 0 Å². The molecule has 1 atom stereocenters. The van der Waals surface area contributed by atoms with Crippen LogP contribution in [-0.2, 0) is 10.8 Å². The summed E-state index contributed by atoms with van der Waals surface area (Å²) < 4.78 is 10.8. The fourth-order valence-electron chi connectivity index (χ4n) is 0.774. The van der Waals surface area contributed by atoms with Gasteiger partial charge in [0.15, 0.2) is 0 Å². The number of allylic oxidation sites excluding steroid dienone is 2. The molecule has 2 heteroatoms. The fraction of sp³-hybridized carbons (Fsp3) is 0.667. The van der Waals surface area contributed by atoms with Crippen LogP contribution < -0.4 is 0 Å². The Morgan fingerprint density at radius 2 is 2.50 bits per heavy atom. The van der Waals surface area contributed by atoms with E-state index in [1.54, 1.807) is 0 Å². The van der Waals surface area contributed by atoms with Crippen LogP contribution in [0, 0.1) is 0 Å². The van der Waals surface area contributed by atoms with Crippen LogP contribution in [0.4, 0.5) is 0 Å². The zero-order chi connectivity index (χ0) is 5.98. The third-order valence-electron chi connectivity index (χ3n) is 1.32. The highest BCUT2D eigenvalue weighted by Gasteiger charge is 2.05. The Morgan fingerprint density at radius 1 is 1.75 bits per heavy atom. The lowest BCUT2D eigenvalue weighted by Crippen LogP contribution is -2.02. The molecule has 0 saturated carbocycles. The first-order chi connectivity index (χ1) is 3.80. The number of rotatable bonds is 0. The lowest BCUT2D eigenvalue weighted by atomic mass is 10.3. The van der Waals surface area contributed by atoms with E-state index in [0.717, 1.165) is 23.5 Å². The van der Waals surface area contributed by atoms with E-state index < -0.39 is 10.8 Å². The van der Waals surface area contributed by atoms with Crippen LogP contribution in [0.5, 0.6) is 0 Å². The number of hydrogen-bond acceptors (Lipinski definition) is 1. The normalized spacial score (nSPS) is 29.6. The molecular weight excluding hydrogens is 120 g/mol. The van der Waals surface area contributed by atoms with Crippen molar-refractivity contribution in [2.24, 2.45) is 0 Å². The van der Waals surface area contributed by atoms with Gasteiger partial charge in [-0.15, -0.1) is 0 Å². The maximum Gasteiger partial charge on any atom is 0.0482 e. The Labute approximate surface area is 52.2 Å². The van der Waals surface area contributed by atoms with Crippen molar-refractivity contribution < 1.29 is 4.21 Å². The highest BCUT2D eigenvalue weighted by atomic mass is 32.2. The Balaban J connectivity index is 2.67. The summed E-state index contributed by atoms with van der Waals surface area (Å²) in [7, 11) is -0.624. The Kier molecular flexibility index (Phi) is 1.84. The molecule has 1 unspecified atom stereocenters. The minimum Gasteiger partial charge on any atom is -0.255 e. The molecule has 0 aliphatic carbocycles. The molecule has 1 aliphatic heterocycles. The first-order valence-corrected chi connectivity index (χ1v) is 4.18. The summed E-state index contributed by atoms with van der Waals surface area (Å²) in [6.07, 6.45) is 4.29. The van der Waals surface area contributed by atoms with Gasteiger partial charge in [-0.25, -0.2) is 0 Å². The van der Waals surface area contributed by atoms with Gasteiger partial charge in [0, 0.05) is 21.5 Å². The summed E-state index contributed by atoms with van der Waals surface area (Å²) in [5, 5.41) is 0. The summed E-state index contributed by atoms with van der Waals surface area (Å²) in [5.74, 6) is 0.877. The van der Waals surface area contributed by atoms with E-state index in [1.807, 2.05) is 6.92 Å². The van der Waals surface area contributed by atoms with Crippen molar-refractivity contribution >= 4 is 10.8 Å². The standard InChI is InChI=1S/C6H10OS/c1-6-4-2-3-5-8(6)7/h4H,2-3,5H2,1H3. The van der Waals surface area contributed by atoms with E-state index in [1.165, 1.54) is 0 Å². The van der Waals surface area contributed by atoms with Gasteiger partial charge in [-0.3, -0.25) is 4.21 Å². The first-order valence-electron chi connectivity index (χ1n) is 2.86. The molecule has 1 heterocycles. The SMILES string of the molecule is CC1=CCCCS1=O. The lowest BCUT2D eigenvalue weighted by Gasteiger charge is -2.05. The molecule has 0 aromatic heterocycles. The van der Waals surface area contributed by atoms with Gasteiger partial charge in [-0.1, -0.05) is 6.08 Å². The molecule has 1 rings (SSSR count). The second-order valence-corrected chi connectivity index (χ2v) is 3.75. The fourth-order valence-corrected chi connectivity index (χ4v) is 1.83. The Morgan fingerprint density at radius 3 is 2.88 bits per heavy atom. The average Bonchev–Trinajstić information content (AvgIpc) is 1.77.